The molecule has 0 aliphatic carbocycles. The van der Waals surface area contributed by atoms with Crippen molar-refractivity contribution in [3.8, 4) is 0 Å². The number of ketones is 1. The molecule has 1 amide bonds. The number of amides is 1. The van der Waals surface area contributed by atoms with Crippen molar-refractivity contribution in [2.75, 3.05) is 18.8 Å². The van der Waals surface area contributed by atoms with Gasteiger partial charge in [0.05, 0.1) is 25.7 Å². The van der Waals surface area contributed by atoms with Crippen molar-refractivity contribution in [2.24, 2.45) is 0 Å². The van der Waals surface area contributed by atoms with Crippen molar-refractivity contribution < 1.29 is 13.8 Å². The molecule has 1 unspecified atom stereocenters. The van der Waals surface area contributed by atoms with Gasteiger partial charge in [0.2, 0.25) is 5.91 Å². The van der Waals surface area contributed by atoms with Crippen LogP contribution in [0.25, 0.3) is 0 Å². The SMILES string of the molecule is O=C1CCN(C(=O)CS(=O)c2c(Cl)cccc2Cl)CC1. The summed E-state index contributed by atoms with van der Waals surface area (Å²) in [5, 5.41) is 0.579. The number of hydrogen-bond donors (Lipinski definition) is 0. The quantitative estimate of drug-likeness (QED) is 0.852. The number of piperidine rings is 1. The second kappa shape index (κ2) is 6.70. The van der Waals surface area contributed by atoms with Gasteiger partial charge in [-0.3, -0.25) is 13.8 Å². The van der Waals surface area contributed by atoms with Gasteiger partial charge in [-0.05, 0) is 12.1 Å². The van der Waals surface area contributed by atoms with E-state index in [1.807, 2.05) is 0 Å². The molecule has 0 N–H and O–H groups in total. The number of nitrogens with zero attached hydrogens (tertiary/aromatic N) is 1. The van der Waals surface area contributed by atoms with Crippen molar-refractivity contribution in [1.29, 1.82) is 0 Å². The number of hydrogen-bond acceptors (Lipinski definition) is 3. The van der Waals surface area contributed by atoms with E-state index in [0.29, 0.717) is 25.9 Å². The Hall–Kier alpha value is -0.910. The Kier molecular flexibility index (Phi) is 5.18. The summed E-state index contributed by atoms with van der Waals surface area (Å²) in [7, 11) is -1.59. The van der Waals surface area contributed by atoms with Crippen LogP contribution in [0.3, 0.4) is 0 Å². The smallest absolute Gasteiger partial charge is 0.235 e. The van der Waals surface area contributed by atoms with Crippen molar-refractivity contribution in [3.05, 3.63) is 28.2 Å². The lowest BCUT2D eigenvalue weighted by Crippen LogP contribution is -2.40. The molecule has 1 aliphatic rings. The first kappa shape index (κ1) is 15.5. The van der Waals surface area contributed by atoms with Crippen molar-refractivity contribution in [1.82, 2.24) is 4.90 Å². The second-order valence-corrected chi connectivity index (χ2v) is 6.66. The van der Waals surface area contributed by atoms with Crippen LogP contribution in [0.5, 0.6) is 0 Å². The van der Waals surface area contributed by atoms with Crippen LogP contribution in [0, 0.1) is 0 Å². The molecule has 108 valence electrons. The van der Waals surface area contributed by atoms with E-state index in [1.165, 1.54) is 0 Å². The van der Waals surface area contributed by atoms with E-state index in [2.05, 4.69) is 0 Å². The molecule has 0 spiro atoms. The Bertz CT molecular complexity index is 546. The van der Waals surface area contributed by atoms with Gasteiger partial charge in [0.15, 0.2) is 0 Å². The summed E-state index contributed by atoms with van der Waals surface area (Å²) >= 11 is 11.9. The maximum absolute atomic E-state index is 12.2. The number of carbonyl (C=O) groups is 2. The van der Waals surface area contributed by atoms with Gasteiger partial charge in [-0.15, -0.1) is 0 Å². The predicted molar refractivity (Wildman–Crippen MR) is 78.6 cm³/mol. The first-order valence-corrected chi connectivity index (χ1v) is 8.18. The Morgan fingerprint density at radius 1 is 1.20 bits per heavy atom. The van der Waals surface area contributed by atoms with Crippen LogP contribution in [0.1, 0.15) is 12.8 Å². The normalized spacial score (nSPS) is 17.1. The van der Waals surface area contributed by atoms with Crippen LogP contribution in [0.4, 0.5) is 0 Å². The first-order chi connectivity index (χ1) is 9.49. The van der Waals surface area contributed by atoms with Gasteiger partial charge in [-0.2, -0.15) is 0 Å². The number of Topliss-reactive ketones (excluding diaryl/α,β-unsaturated/α-hetero) is 1. The van der Waals surface area contributed by atoms with Gasteiger partial charge in [0.25, 0.3) is 0 Å². The van der Waals surface area contributed by atoms with Gasteiger partial charge < -0.3 is 4.90 Å². The highest BCUT2D eigenvalue weighted by Crippen LogP contribution is 2.27. The number of carbonyl (C=O) groups excluding carboxylic acids is 2. The maximum atomic E-state index is 12.2. The maximum Gasteiger partial charge on any atom is 0.235 e. The number of likely N-dealkylation sites (tertiary alicyclic amines) is 1. The Labute approximate surface area is 129 Å². The fourth-order valence-electron chi connectivity index (χ4n) is 1.98. The number of rotatable bonds is 3. The lowest BCUT2D eigenvalue weighted by molar-refractivity contribution is -0.132. The minimum Gasteiger partial charge on any atom is -0.341 e. The summed E-state index contributed by atoms with van der Waals surface area (Å²) < 4.78 is 12.2. The third kappa shape index (κ3) is 3.59. The molecule has 1 fully saturated rings. The summed E-state index contributed by atoms with van der Waals surface area (Å²) in [6.45, 7) is 0.788. The standard InChI is InChI=1S/C13H13Cl2NO3S/c14-10-2-1-3-11(15)13(10)20(19)8-12(18)16-6-4-9(17)5-7-16/h1-3H,4-8H2. The van der Waals surface area contributed by atoms with E-state index in [-0.39, 0.29) is 32.4 Å². The van der Waals surface area contributed by atoms with E-state index in [0.717, 1.165) is 0 Å². The van der Waals surface area contributed by atoms with Crippen LogP contribution >= 0.6 is 23.2 Å². The van der Waals surface area contributed by atoms with E-state index >= 15 is 0 Å². The molecule has 0 aromatic heterocycles. The largest absolute Gasteiger partial charge is 0.341 e. The van der Waals surface area contributed by atoms with Gasteiger partial charge in [-0.25, -0.2) is 0 Å². The van der Waals surface area contributed by atoms with Crippen LogP contribution in [0.15, 0.2) is 23.1 Å². The third-order valence-electron chi connectivity index (χ3n) is 3.08. The van der Waals surface area contributed by atoms with Crippen molar-refractivity contribution in [3.63, 3.8) is 0 Å². The minimum atomic E-state index is -1.59. The molecule has 1 heterocycles. The lowest BCUT2D eigenvalue weighted by Gasteiger charge is -2.25. The van der Waals surface area contributed by atoms with E-state index in [1.54, 1.807) is 23.1 Å². The van der Waals surface area contributed by atoms with E-state index < -0.39 is 10.8 Å². The summed E-state index contributed by atoms with van der Waals surface area (Å²) in [5.74, 6) is -0.256. The molecular formula is C13H13Cl2NO3S. The molecule has 1 aliphatic heterocycles. The first-order valence-electron chi connectivity index (χ1n) is 6.11. The minimum absolute atomic E-state index is 0.157. The molecule has 7 heteroatoms. The molecule has 0 saturated carbocycles. The second-order valence-electron chi connectivity index (χ2n) is 4.46. The predicted octanol–water partition coefficient (Wildman–Crippen LogP) is 2.29. The third-order valence-corrected chi connectivity index (χ3v) is 5.33. The molecule has 1 saturated heterocycles. The average molecular weight is 334 g/mol. The highest BCUT2D eigenvalue weighted by atomic mass is 35.5. The fourth-order valence-corrected chi connectivity index (χ4v) is 4.02. The highest BCUT2D eigenvalue weighted by molar-refractivity contribution is 7.86. The summed E-state index contributed by atoms with van der Waals surface area (Å²) in [6, 6.07) is 4.83. The van der Waals surface area contributed by atoms with E-state index in [9.17, 15) is 13.8 Å². The molecule has 0 bridgehead atoms. The molecule has 20 heavy (non-hydrogen) atoms. The van der Waals surface area contributed by atoms with Crippen LogP contribution in [-0.2, 0) is 20.4 Å². The average Bonchev–Trinajstić information content (AvgIpc) is 2.39. The molecule has 1 aromatic carbocycles. The van der Waals surface area contributed by atoms with Gasteiger partial charge in [0.1, 0.15) is 11.5 Å². The summed E-state index contributed by atoms with van der Waals surface area (Å²) in [5.41, 5.74) is 0. The molecule has 1 atom stereocenters. The lowest BCUT2D eigenvalue weighted by atomic mass is 10.1. The van der Waals surface area contributed by atoms with Crippen LogP contribution in [0.2, 0.25) is 10.0 Å². The van der Waals surface area contributed by atoms with Crippen molar-refractivity contribution in [2.45, 2.75) is 17.7 Å². The zero-order valence-electron chi connectivity index (χ0n) is 10.6. The zero-order chi connectivity index (χ0) is 14.7. The Balaban J connectivity index is 2.04. The van der Waals surface area contributed by atoms with Gasteiger partial charge in [0, 0.05) is 25.9 Å². The number of halogens is 2. The topological polar surface area (TPSA) is 54.5 Å². The van der Waals surface area contributed by atoms with Gasteiger partial charge in [-0.1, -0.05) is 29.3 Å². The van der Waals surface area contributed by atoms with Crippen LogP contribution < -0.4 is 0 Å². The van der Waals surface area contributed by atoms with Crippen molar-refractivity contribution >= 4 is 45.7 Å². The highest BCUT2D eigenvalue weighted by Gasteiger charge is 2.24. The fraction of sp³-hybridized carbons (Fsp3) is 0.385. The van der Waals surface area contributed by atoms with Gasteiger partial charge >= 0.3 is 0 Å². The summed E-state index contributed by atoms with van der Waals surface area (Å²) in [6.07, 6.45) is 0.733. The van der Waals surface area contributed by atoms with E-state index in [4.69, 9.17) is 23.2 Å². The number of benzene rings is 1. The zero-order valence-corrected chi connectivity index (χ0v) is 12.9. The Morgan fingerprint density at radius 2 is 1.75 bits per heavy atom. The Morgan fingerprint density at radius 3 is 2.30 bits per heavy atom. The molecule has 2 rings (SSSR count). The molecule has 0 radical (unpaired) electrons. The molecule has 4 nitrogen and oxygen atoms in total. The summed E-state index contributed by atoms with van der Waals surface area (Å²) in [4.78, 5) is 25.0. The molecular weight excluding hydrogens is 321 g/mol. The van der Waals surface area contributed by atoms with Crippen LogP contribution in [-0.4, -0.2) is 39.6 Å². The molecule has 1 aromatic rings. The monoisotopic (exact) mass is 333 g/mol.